The molecule has 0 saturated heterocycles. The van der Waals surface area contributed by atoms with Gasteiger partial charge in [0.15, 0.2) is 0 Å². The number of allylic oxidation sites excluding steroid dienone is 2. The van der Waals surface area contributed by atoms with Gasteiger partial charge in [-0.25, -0.2) is 0 Å². The van der Waals surface area contributed by atoms with E-state index in [0.717, 1.165) is 15.1 Å². The average molecular weight is 303 g/mol. The van der Waals surface area contributed by atoms with Gasteiger partial charge in [-0.2, -0.15) is 0 Å². The molecule has 0 fully saturated rings. The molecule has 0 amide bonds. The van der Waals surface area contributed by atoms with Gasteiger partial charge in [0.05, 0.1) is 15.6 Å². The molecule has 1 aliphatic rings. The maximum absolute atomic E-state index is 5.99. The van der Waals surface area contributed by atoms with Gasteiger partial charge in [0.1, 0.15) is 0 Å². The van der Waals surface area contributed by atoms with Crippen LogP contribution in [0.1, 0.15) is 13.8 Å². The van der Waals surface area contributed by atoms with E-state index in [9.17, 15) is 0 Å². The Kier molecular flexibility index (Phi) is 3.74. The second-order valence-corrected chi connectivity index (χ2v) is 4.56. The summed E-state index contributed by atoms with van der Waals surface area (Å²) in [6.45, 7) is 8.00. The summed E-state index contributed by atoms with van der Waals surface area (Å²) in [6.07, 6.45) is 5.35. The summed E-state index contributed by atoms with van der Waals surface area (Å²) in [7, 11) is 0. The van der Waals surface area contributed by atoms with Crippen molar-refractivity contribution in [3.63, 3.8) is 0 Å². The molecule has 76 valence electrons. The largest absolute Gasteiger partial charge is 0.400 e. The highest BCUT2D eigenvalue weighted by molar-refractivity contribution is 14.1. The van der Waals surface area contributed by atoms with E-state index >= 15 is 0 Å². The van der Waals surface area contributed by atoms with Crippen LogP contribution in [0.25, 0.3) is 0 Å². The van der Waals surface area contributed by atoms with E-state index in [-0.39, 0.29) is 0 Å². The van der Waals surface area contributed by atoms with Crippen molar-refractivity contribution in [2.45, 2.75) is 13.8 Å². The first-order valence-corrected chi connectivity index (χ1v) is 5.45. The molecule has 0 aliphatic carbocycles. The number of halogens is 1. The molecular formula is C10H14IN3. The van der Waals surface area contributed by atoms with Crippen LogP contribution in [-0.4, -0.2) is 11.1 Å². The molecule has 14 heavy (non-hydrogen) atoms. The third-order valence-corrected chi connectivity index (χ3v) is 2.46. The maximum atomic E-state index is 5.99. The summed E-state index contributed by atoms with van der Waals surface area (Å²) in [5, 5.41) is 0. The maximum Gasteiger partial charge on any atom is 0.0834 e. The fraction of sp³-hybridized carbons (Fsp3) is 0.300. The number of rotatable bonds is 2. The normalized spacial score (nSPS) is 19.0. The topological polar surface area (TPSA) is 41.6 Å². The zero-order chi connectivity index (χ0) is 10.7. The monoisotopic (exact) mass is 303 g/mol. The lowest BCUT2D eigenvalue weighted by Gasteiger charge is -2.24. The van der Waals surface area contributed by atoms with Gasteiger partial charge in [-0.1, -0.05) is 20.4 Å². The number of hydrogen-bond acceptors (Lipinski definition) is 3. The lowest BCUT2D eigenvalue weighted by atomic mass is 10.1. The molecule has 0 atom stereocenters. The van der Waals surface area contributed by atoms with Crippen LogP contribution < -0.4 is 5.73 Å². The van der Waals surface area contributed by atoms with E-state index in [4.69, 9.17) is 5.73 Å². The molecule has 0 spiro atoms. The highest BCUT2D eigenvalue weighted by atomic mass is 127. The van der Waals surface area contributed by atoms with Gasteiger partial charge >= 0.3 is 0 Å². The van der Waals surface area contributed by atoms with Crippen LogP contribution in [0.3, 0.4) is 0 Å². The van der Waals surface area contributed by atoms with Crippen molar-refractivity contribution < 1.29 is 0 Å². The van der Waals surface area contributed by atoms with Crippen LogP contribution in [0, 0.1) is 5.92 Å². The minimum absolute atomic E-state index is 0.307. The van der Waals surface area contributed by atoms with Gasteiger partial charge in [-0.15, -0.1) is 0 Å². The Hall–Kier alpha value is -0.780. The first kappa shape index (κ1) is 11.3. The number of nitrogens with zero attached hydrogens (tertiary/aromatic N) is 2. The summed E-state index contributed by atoms with van der Waals surface area (Å²) < 4.78 is 0.906. The van der Waals surface area contributed by atoms with E-state index in [0.29, 0.717) is 5.92 Å². The van der Waals surface area contributed by atoms with Crippen molar-refractivity contribution in [3.8, 4) is 0 Å². The number of aliphatic imine (C=N–C) groups is 1. The Balaban J connectivity index is 3.08. The lowest BCUT2D eigenvalue weighted by molar-refractivity contribution is 0.614. The van der Waals surface area contributed by atoms with Crippen molar-refractivity contribution in [2.75, 3.05) is 0 Å². The summed E-state index contributed by atoms with van der Waals surface area (Å²) in [5.41, 5.74) is 7.74. The number of hydrogen-bond donors (Lipinski definition) is 1. The van der Waals surface area contributed by atoms with E-state index < -0.39 is 0 Å². The van der Waals surface area contributed by atoms with Crippen LogP contribution in [0.4, 0.5) is 0 Å². The summed E-state index contributed by atoms with van der Waals surface area (Å²) >= 11 is 2.16. The third kappa shape index (κ3) is 2.37. The molecule has 1 heterocycles. The first-order valence-electron chi connectivity index (χ1n) is 4.37. The molecule has 0 radical (unpaired) electrons. The molecule has 0 saturated carbocycles. The molecule has 0 bridgehead atoms. The third-order valence-electron chi connectivity index (χ3n) is 1.94. The Labute approximate surface area is 98.2 Å². The molecule has 0 aromatic heterocycles. The second-order valence-electron chi connectivity index (χ2n) is 3.32. The molecule has 2 N–H and O–H groups in total. The number of nitrogens with two attached hydrogens (primary N) is 1. The zero-order valence-corrected chi connectivity index (χ0v) is 10.5. The Bertz CT molecular complexity index is 326. The Morgan fingerprint density at radius 2 is 2.29 bits per heavy atom. The highest BCUT2D eigenvalue weighted by Crippen LogP contribution is 2.22. The molecule has 3 nitrogen and oxygen atoms in total. The minimum Gasteiger partial charge on any atom is -0.400 e. The fourth-order valence-electron chi connectivity index (χ4n) is 1.08. The van der Waals surface area contributed by atoms with E-state index in [1.807, 2.05) is 11.1 Å². The van der Waals surface area contributed by atoms with Crippen molar-refractivity contribution in [3.05, 3.63) is 34.1 Å². The van der Waals surface area contributed by atoms with Crippen LogP contribution in [0.15, 0.2) is 39.1 Å². The minimum atomic E-state index is 0.307. The average Bonchev–Trinajstić information content (AvgIpc) is 2.16. The Morgan fingerprint density at radius 3 is 2.79 bits per heavy atom. The smallest absolute Gasteiger partial charge is 0.0834 e. The van der Waals surface area contributed by atoms with E-state index in [2.05, 4.69) is 48.0 Å². The molecule has 0 aromatic rings. The van der Waals surface area contributed by atoms with Crippen LogP contribution in [-0.2, 0) is 0 Å². The predicted octanol–water partition coefficient (Wildman–Crippen LogP) is 2.58. The van der Waals surface area contributed by atoms with Crippen molar-refractivity contribution in [1.82, 2.24) is 4.90 Å². The van der Waals surface area contributed by atoms with Gasteiger partial charge < -0.3 is 10.6 Å². The SMILES string of the molecule is C=C(I)N1C=CN=C/C1=C(/N)C(C)C. The van der Waals surface area contributed by atoms with Crippen LogP contribution in [0.5, 0.6) is 0 Å². The lowest BCUT2D eigenvalue weighted by Crippen LogP contribution is -2.22. The molecule has 1 aliphatic heterocycles. The predicted molar refractivity (Wildman–Crippen MR) is 68.7 cm³/mol. The summed E-state index contributed by atoms with van der Waals surface area (Å²) in [4.78, 5) is 6.00. The van der Waals surface area contributed by atoms with Gasteiger partial charge in [0.2, 0.25) is 0 Å². The second kappa shape index (κ2) is 4.63. The summed E-state index contributed by atoms with van der Waals surface area (Å²) in [5.74, 6) is 0.307. The molecule has 0 aromatic carbocycles. The fourth-order valence-corrected chi connectivity index (χ4v) is 1.50. The molecule has 4 heteroatoms. The van der Waals surface area contributed by atoms with Gasteiger partial charge in [-0.05, 0) is 28.5 Å². The quantitative estimate of drug-likeness (QED) is 0.629. The highest BCUT2D eigenvalue weighted by Gasteiger charge is 2.14. The summed E-state index contributed by atoms with van der Waals surface area (Å²) in [6, 6.07) is 0. The molecule has 0 unspecified atom stereocenters. The van der Waals surface area contributed by atoms with Crippen LogP contribution >= 0.6 is 22.6 Å². The van der Waals surface area contributed by atoms with Crippen molar-refractivity contribution >= 4 is 28.8 Å². The molecule has 1 rings (SSSR count). The van der Waals surface area contributed by atoms with Gasteiger partial charge in [0, 0.05) is 18.1 Å². The zero-order valence-electron chi connectivity index (χ0n) is 8.37. The van der Waals surface area contributed by atoms with E-state index in [1.165, 1.54) is 0 Å². The van der Waals surface area contributed by atoms with Crippen LogP contribution in [0.2, 0.25) is 0 Å². The standard InChI is InChI=1S/C10H14IN3/c1-7(2)10(12)9-6-13-4-5-14(9)8(3)11/h4-7H,3,12H2,1-2H3/b10-9-. The molecular weight excluding hydrogens is 289 g/mol. The van der Waals surface area contributed by atoms with Crippen molar-refractivity contribution in [2.24, 2.45) is 16.6 Å². The van der Waals surface area contributed by atoms with Gasteiger partial charge in [0.25, 0.3) is 0 Å². The Morgan fingerprint density at radius 1 is 1.64 bits per heavy atom. The van der Waals surface area contributed by atoms with Gasteiger partial charge in [-0.3, -0.25) is 4.99 Å². The van der Waals surface area contributed by atoms with E-state index in [1.54, 1.807) is 12.4 Å². The first-order chi connectivity index (χ1) is 6.54. The van der Waals surface area contributed by atoms with Crippen molar-refractivity contribution in [1.29, 1.82) is 0 Å².